The number of carbonyl (C=O) groups is 1. The van der Waals surface area contributed by atoms with Crippen LogP contribution in [0.1, 0.15) is 15.9 Å². The lowest BCUT2D eigenvalue weighted by Gasteiger charge is -2.02. The van der Waals surface area contributed by atoms with E-state index in [0.717, 1.165) is 5.56 Å². The fraction of sp³-hybridized carbons (Fsp3) is 0.200. The first-order chi connectivity index (χ1) is 8.06. The van der Waals surface area contributed by atoms with Crippen LogP contribution in [0.25, 0.3) is 0 Å². The predicted octanol–water partition coefficient (Wildman–Crippen LogP) is 0.910. The quantitative estimate of drug-likeness (QED) is 0.839. The van der Waals surface area contributed by atoms with Gasteiger partial charge in [-0.15, -0.1) is 5.10 Å². The van der Waals surface area contributed by atoms with Crippen LogP contribution >= 0.6 is 0 Å². The van der Waals surface area contributed by atoms with Gasteiger partial charge in [-0.2, -0.15) is 4.80 Å². The molecule has 0 aliphatic heterocycles. The second-order valence-electron chi connectivity index (χ2n) is 3.54. The summed E-state index contributed by atoms with van der Waals surface area (Å²) < 4.78 is 13.5. The van der Waals surface area contributed by atoms with E-state index in [1.165, 1.54) is 16.9 Å². The molecule has 88 valence electrons. The van der Waals surface area contributed by atoms with E-state index in [1.54, 1.807) is 20.0 Å². The minimum atomic E-state index is -0.601. The molecule has 0 fully saturated rings. The molecule has 0 aliphatic rings. The van der Waals surface area contributed by atoms with Gasteiger partial charge in [0.05, 0.1) is 12.6 Å². The number of aryl methyl sites for hydroxylation is 2. The molecule has 0 unspecified atom stereocenters. The number of tetrazole rings is 1. The normalized spacial score (nSPS) is 10.3. The van der Waals surface area contributed by atoms with Crippen molar-refractivity contribution in [2.75, 3.05) is 5.32 Å². The van der Waals surface area contributed by atoms with Gasteiger partial charge in [0.2, 0.25) is 0 Å². The number of hydrogen-bond acceptors (Lipinski definition) is 4. The monoisotopic (exact) mass is 235 g/mol. The second kappa shape index (κ2) is 4.28. The van der Waals surface area contributed by atoms with Crippen molar-refractivity contribution >= 4 is 11.9 Å². The number of nitrogens with zero attached hydrogens (tertiary/aromatic N) is 4. The molecule has 0 radical (unpaired) electrons. The Morgan fingerprint density at radius 1 is 1.47 bits per heavy atom. The van der Waals surface area contributed by atoms with Crippen molar-refractivity contribution in [3.63, 3.8) is 0 Å². The van der Waals surface area contributed by atoms with Gasteiger partial charge in [0.1, 0.15) is 5.82 Å². The Kier molecular flexibility index (Phi) is 2.82. The van der Waals surface area contributed by atoms with E-state index in [-0.39, 0.29) is 11.5 Å². The molecule has 0 atom stereocenters. The number of amides is 1. The van der Waals surface area contributed by atoms with Gasteiger partial charge in [0.25, 0.3) is 11.9 Å². The Hall–Kier alpha value is -2.31. The average Bonchev–Trinajstić information content (AvgIpc) is 2.63. The Labute approximate surface area is 96.4 Å². The Morgan fingerprint density at radius 2 is 2.24 bits per heavy atom. The summed E-state index contributed by atoms with van der Waals surface area (Å²) in [5, 5.41) is 13.2. The average molecular weight is 235 g/mol. The van der Waals surface area contributed by atoms with Crippen molar-refractivity contribution < 1.29 is 9.18 Å². The largest absolute Gasteiger partial charge is 0.288 e. The lowest BCUT2D eigenvalue weighted by molar-refractivity contribution is 0.102. The zero-order chi connectivity index (χ0) is 12.4. The molecule has 0 bridgehead atoms. The first kappa shape index (κ1) is 11.2. The molecular formula is C10H10FN5O. The molecule has 7 heteroatoms. The van der Waals surface area contributed by atoms with Gasteiger partial charge in [-0.3, -0.25) is 10.1 Å². The third-order valence-corrected chi connectivity index (χ3v) is 2.10. The van der Waals surface area contributed by atoms with E-state index < -0.39 is 11.7 Å². The fourth-order valence-corrected chi connectivity index (χ4v) is 1.31. The van der Waals surface area contributed by atoms with E-state index in [1.807, 2.05) is 0 Å². The summed E-state index contributed by atoms with van der Waals surface area (Å²) in [6.45, 7) is 1.75. The maximum Gasteiger partial charge on any atom is 0.270 e. The summed E-state index contributed by atoms with van der Waals surface area (Å²) in [7, 11) is 1.56. The summed E-state index contributed by atoms with van der Waals surface area (Å²) >= 11 is 0. The Bertz CT molecular complexity index is 566. The molecular weight excluding hydrogens is 225 g/mol. The van der Waals surface area contributed by atoms with Gasteiger partial charge < -0.3 is 0 Å². The summed E-state index contributed by atoms with van der Waals surface area (Å²) in [6, 6.07) is 4.36. The van der Waals surface area contributed by atoms with Crippen LogP contribution in [0.2, 0.25) is 0 Å². The molecule has 1 amide bonds. The minimum absolute atomic E-state index is 0.0393. The molecule has 1 aromatic carbocycles. The summed E-state index contributed by atoms with van der Waals surface area (Å²) in [5.74, 6) is -1.14. The lowest BCUT2D eigenvalue weighted by Crippen LogP contribution is -2.15. The molecule has 0 spiro atoms. The van der Waals surface area contributed by atoms with Crippen LogP contribution in [0, 0.1) is 12.7 Å². The van der Waals surface area contributed by atoms with E-state index in [4.69, 9.17) is 0 Å². The summed E-state index contributed by atoms with van der Waals surface area (Å²) in [6.07, 6.45) is 0. The molecule has 0 saturated carbocycles. The van der Waals surface area contributed by atoms with Crippen LogP contribution < -0.4 is 5.32 Å². The van der Waals surface area contributed by atoms with Crippen molar-refractivity contribution in [1.82, 2.24) is 20.2 Å². The van der Waals surface area contributed by atoms with Crippen molar-refractivity contribution in [2.24, 2.45) is 7.05 Å². The maximum atomic E-state index is 13.5. The molecule has 1 N–H and O–H groups in total. The van der Waals surface area contributed by atoms with Gasteiger partial charge in [0, 0.05) is 0 Å². The number of anilines is 1. The number of hydrogen-bond donors (Lipinski definition) is 1. The van der Waals surface area contributed by atoms with E-state index in [2.05, 4.69) is 20.7 Å². The number of carbonyl (C=O) groups excluding carboxylic acids is 1. The maximum absolute atomic E-state index is 13.5. The highest BCUT2D eigenvalue weighted by atomic mass is 19.1. The molecule has 2 rings (SSSR count). The second-order valence-corrected chi connectivity index (χ2v) is 3.54. The molecule has 1 heterocycles. The van der Waals surface area contributed by atoms with Crippen LogP contribution in [0.4, 0.5) is 10.3 Å². The number of halogens is 1. The van der Waals surface area contributed by atoms with Crippen LogP contribution in [0.15, 0.2) is 18.2 Å². The van der Waals surface area contributed by atoms with Crippen LogP contribution in [-0.4, -0.2) is 26.1 Å². The third-order valence-electron chi connectivity index (χ3n) is 2.10. The highest BCUT2D eigenvalue weighted by Gasteiger charge is 2.13. The van der Waals surface area contributed by atoms with Crippen molar-refractivity contribution in [3.8, 4) is 0 Å². The van der Waals surface area contributed by atoms with E-state index in [9.17, 15) is 9.18 Å². The standard InChI is InChI=1S/C10H10FN5O/c1-6-3-4-7(8(11)5-6)9(17)12-10-13-15-16(2)14-10/h3-5H,1-2H3,(H,12,14,17). The van der Waals surface area contributed by atoms with Gasteiger partial charge >= 0.3 is 0 Å². The minimum Gasteiger partial charge on any atom is -0.288 e. The van der Waals surface area contributed by atoms with E-state index in [0.29, 0.717) is 0 Å². The van der Waals surface area contributed by atoms with Crippen molar-refractivity contribution in [3.05, 3.63) is 35.1 Å². The zero-order valence-electron chi connectivity index (χ0n) is 9.31. The molecule has 0 saturated heterocycles. The van der Waals surface area contributed by atoms with Gasteiger partial charge in [0.15, 0.2) is 0 Å². The van der Waals surface area contributed by atoms with Crippen LogP contribution in [0.3, 0.4) is 0 Å². The smallest absolute Gasteiger partial charge is 0.270 e. The number of rotatable bonds is 2. The first-order valence-electron chi connectivity index (χ1n) is 4.88. The van der Waals surface area contributed by atoms with Crippen molar-refractivity contribution in [1.29, 1.82) is 0 Å². The molecule has 0 aliphatic carbocycles. The number of aromatic nitrogens is 4. The molecule has 1 aromatic heterocycles. The lowest BCUT2D eigenvalue weighted by atomic mass is 10.1. The van der Waals surface area contributed by atoms with Gasteiger partial charge in [-0.1, -0.05) is 11.2 Å². The SMILES string of the molecule is Cc1ccc(C(=O)Nc2nnn(C)n2)c(F)c1. The zero-order valence-corrected chi connectivity index (χ0v) is 9.31. The van der Waals surface area contributed by atoms with Crippen molar-refractivity contribution in [2.45, 2.75) is 6.92 Å². The molecule has 6 nitrogen and oxygen atoms in total. The highest BCUT2D eigenvalue weighted by molar-refractivity contribution is 6.03. The Balaban J connectivity index is 2.20. The number of benzene rings is 1. The van der Waals surface area contributed by atoms with Gasteiger partial charge in [-0.25, -0.2) is 4.39 Å². The summed E-state index contributed by atoms with van der Waals surface area (Å²) in [5.41, 5.74) is 0.694. The number of nitrogens with one attached hydrogen (secondary N) is 1. The predicted molar refractivity (Wildman–Crippen MR) is 57.9 cm³/mol. The van der Waals surface area contributed by atoms with Crippen LogP contribution in [0.5, 0.6) is 0 Å². The highest BCUT2D eigenvalue weighted by Crippen LogP contribution is 2.11. The molecule has 17 heavy (non-hydrogen) atoms. The summed E-state index contributed by atoms with van der Waals surface area (Å²) in [4.78, 5) is 12.9. The fourth-order valence-electron chi connectivity index (χ4n) is 1.31. The third kappa shape index (κ3) is 2.44. The Morgan fingerprint density at radius 3 is 2.82 bits per heavy atom. The molecule has 2 aromatic rings. The van der Waals surface area contributed by atoms with Gasteiger partial charge in [-0.05, 0) is 29.8 Å². The van der Waals surface area contributed by atoms with E-state index >= 15 is 0 Å². The topological polar surface area (TPSA) is 72.7 Å². The van der Waals surface area contributed by atoms with Crippen LogP contribution in [-0.2, 0) is 7.05 Å². The first-order valence-corrected chi connectivity index (χ1v) is 4.88.